The number of hydrogen-bond donors (Lipinski definition) is 0. The van der Waals surface area contributed by atoms with E-state index >= 15 is 0 Å². The first-order chi connectivity index (χ1) is 6.93. The molecule has 1 aromatic rings. The Bertz CT molecular complexity index is 295. The molecular formula is C12H16N2. The molecule has 0 saturated heterocycles. The first kappa shape index (κ1) is 10.7. The van der Waals surface area contributed by atoms with Crippen molar-refractivity contribution in [3.8, 4) is 11.8 Å². The average molecular weight is 188 g/mol. The molecule has 74 valence electrons. The molecule has 0 aliphatic rings. The normalized spacial score (nSPS) is 9.21. The number of aromatic nitrogens is 2. The van der Waals surface area contributed by atoms with Gasteiger partial charge in [-0.15, -0.1) is 0 Å². The summed E-state index contributed by atoms with van der Waals surface area (Å²) in [5.74, 6) is 6.18. The van der Waals surface area contributed by atoms with E-state index < -0.39 is 0 Å². The van der Waals surface area contributed by atoms with Gasteiger partial charge in [0.05, 0.1) is 5.56 Å². The van der Waals surface area contributed by atoms with Crippen LogP contribution in [-0.2, 0) is 0 Å². The fourth-order valence-corrected chi connectivity index (χ4v) is 1.17. The molecule has 0 aromatic carbocycles. The quantitative estimate of drug-likeness (QED) is 0.536. The minimum atomic E-state index is 0.906. The minimum absolute atomic E-state index is 0.906. The fourth-order valence-electron chi connectivity index (χ4n) is 1.17. The maximum atomic E-state index is 3.90. The van der Waals surface area contributed by atoms with E-state index in [9.17, 15) is 0 Å². The summed E-state index contributed by atoms with van der Waals surface area (Å²) in [6, 6.07) is 0. The third-order valence-corrected chi connectivity index (χ3v) is 1.95. The molecule has 0 aliphatic carbocycles. The van der Waals surface area contributed by atoms with E-state index in [0.717, 1.165) is 12.0 Å². The molecule has 1 rings (SSSR count). The monoisotopic (exact) mass is 188 g/mol. The zero-order chi connectivity index (χ0) is 10.1. The summed E-state index contributed by atoms with van der Waals surface area (Å²) >= 11 is 0. The summed E-state index contributed by atoms with van der Waals surface area (Å²) in [6.07, 6.45) is 11.1. The maximum absolute atomic E-state index is 3.90. The minimum Gasteiger partial charge on any atom is -0.244 e. The van der Waals surface area contributed by atoms with Crippen molar-refractivity contribution in [1.29, 1.82) is 0 Å². The summed E-state index contributed by atoms with van der Waals surface area (Å²) in [5, 5.41) is 0. The van der Waals surface area contributed by atoms with Crippen LogP contribution in [-0.4, -0.2) is 9.97 Å². The van der Waals surface area contributed by atoms with Crippen molar-refractivity contribution >= 4 is 0 Å². The second-order valence-electron chi connectivity index (χ2n) is 3.24. The van der Waals surface area contributed by atoms with E-state index in [1.807, 2.05) is 0 Å². The molecule has 0 unspecified atom stereocenters. The van der Waals surface area contributed by atoms with Gasteiger partial charge in [-0.1, -0.05) is 38.0 Å². The molecule has 1 aromatic heterocycles. The van der Waals surface area contributed by atoms with E-state index in [0.29, 0.717) is 0 Å². The standard InChI is InChI=1S/C12H16N2/c1-2-3-4-5-6-7-8-12-9-13-11-14-10-12/h9-11H,2-6H2,1H3. The molecule has 0 saturated carbocycles. The Hall–Kier alpha value is -1.36. The van der Waals surface area contributed by atoms with E-state index in [2.05, 4.69) is 28.7 Å². The van der Waals surface area contributed by atoms with Crippen LogP contribution in [0.3, 0.4) is 0 Å². The summed E-state index contributed by atoms with van der Waals surface area (Å²) in [4.78, 5) is 7.80. The summed E-state index contributed by atoms with van der Waals surface area (Å²) in [7, 11) is 0. The van der Waals surface area contributed by atoms with Gasteiger partial charge in [-0.2, -0.15) is 0 Å². The van der Waals surface area contributed by atoms with Gasteiger partial charge in [-0.3, -0.25) is 0 Å². The molecule has 0 fully saturated rings. The van der Waals surface area contributed by atoms with E-state index in [1.165, 1.54) is 32.0 Å². The van der Waals surface area contributed by atoms with Gasteiger partial charge in [0, 0.05) is 18.8 Å². The first-order valence-corrected chi connectivity index (χ1v) is 5.17. The van der Waals surface area contributed by atoms with Crippen LogP contribution in [0, 0.1) is 11.8 Å². The number of unbranched alkanes of at least 4 members (excludes halogenated alkanes) is 4. The Kier molecular flexibility index (Phi) is 5.42. The highest BCUT2D eigenvalue weighted by molar-refractivity contribution is 5.28. The van der Waals surface area contributed by atoms with Crippen molar-refractivity contribution in [3.63, 3.8) is 0 Å². The predicted octanol–water partition coefficient (Wildman–Crippen LogP) is 2.80. The second-order valence-corrected chi connectivity index (χ2v) is 3.24. The van der Waals surface area contributed by atoms with Crippen molar-refractivity contribution in [2.45, 2.75) is 39.0 Å². The maximum Gasteiger partial charge on any atom is 0.115 e. The zero-order valence-corrected chi connectivity index (χ0v) is 8.66. The van der Waals surface area contributed by atoms with Gasteiger partial charge in [0.2, 0.25) is 0 Å². The molecule has 0 aliphatic heterocycles. The fraction of sp³-hybridized carbons (Fsp3) is 0.500. The van der Waals surface area contributed by atoms with Gasteiger partial charge in [0.25, 0.3) is 0 Å². The van der Waals surface area contributed by atoms with Crippen LogP contribution in [0.5, 0.6) is 0 Å². The van der Waals surface area contributed by atoms with Gasteiger partial charge < -0.3 is 0 Å². The zero-order valence-electron chi connectivity index (χ0n) is 8.66. The number of nitrogens with zero attached hydrogens (tertiary/aromatic N) is 2. The van der Waals surface area contributed by atoms with Crippen LogP contribution >= 0.6 is 0 Å². The third-order valence-electron chi connectivity index (χ3n) is 1.95. The molecular weight excluding hydrogens is 172 g/mol. The van der Waals surface area contributed by atoms with Gasteiger partial charge >= 0.3 is 0 Å². The van der Waals surface area contributed by atoms with Crippen LogP contribution in [0.25, 0.3) is 0 Å². The SMILES string of the molecule is CCCCCCC#Cc1cncnc1. The summed E-state index contributed by atoms with van der Waals surface area (Å²) < 4.78 is 0. The Morgan fingerprint density at radius 1 is 1.14 bits per heavy atom. The lowest BCUT2D eigenvalue weighted by atomic mass is 10.1. The molecule has 2 nitrogen and oxygen atoms in total. The first-order valence-electron chi connectivity index (χ1n) is 5.17. The highest BCUT2D eigenvalue weighted by Crippen LogP contribution is 2.01. The lowest BCUT2D eigenvalue weighted by Crippen LogP contribution is -1.79. The molecule has 14 heavy (non-hydrogen) atoms. The molecule has 0 spiro atoms. The highest BCUT2D eigenvalue weighted by atomic mass is 14.8. The van der Waals surface area contributed by atoms with Crippen LogP contribution in [0.4, 0.5) is 0 Å². The topological polar surface area (TPSA) is 25.8 Å². The lowest BCUT2D eigenvalue weighted by Gasteiger charge is -1.91. The predicted molar refractivity (Wildman–Crippen MR) is 57.7 cm³/mol. The Labute approximate surface area is 85.8 Å². The lowest BCUT2D eigenvalue weighted by molar-refractivity contribution is 0.679. The average Bonchev–Trinajstić information content (AvgIpc) is 2.25. The van der Waals surface area contributed by atoms with Gasteiger partial charge in [0.15, 0.2) is 0 Å². The summed E-state index contributed by atoms with van der Waals surface area (Å²) in [6.45, 7) is 2.22. The van der Waals surface area contributed by atoms with Crippen molar-refractivity contribution in [3.05, 3.63) is 24.3 Å². The van der Waals surface area contributed by atoms with Crippen molar-refractivity contribution in [2.75, 3.05) is 0 Å². The molecule has 0 bridgehead atoms. The molecule has 1 heterocycles. The van der Waals surface area contributed by atoms with Crippen LogP contribution in [0.15, 0.2) is 18.7 Å². The van der Waals surface area contributed by atoms with E-state index in [-0.39, 0.29) is 0 Å². The van der Waals surface area contributed by atoms with Crippen molar-refractivity contribution < 1.29 is 0 Å². The summed E-state index contributed by atoms with van der Waals surface area (Å²) in [5.41, 5.74) is 0.906. The molecule has 2 heteroatoms. The Morgan fingerprint density at radius 2 is 1.93 bits per heavy atom. The Morgan fingerprint density at radius 3 is 2.64 bits per heavy atom. The molecule has 0 amide bonds. The van der Waals surface area contributed by atoms with Crippen molar-refractivity contribution in [2.24, 2.45) is 0 Å². The largest absolute Gasteiger partial charge is 0.244 e. The van der Waals surface area contributed by atoms with Gasteiger partial charge in [-0.05, 0) is 6.42 Å². The van der Waals surface area contributed by atoms with Gasteiger partial charge in [-0.25, -0.2) is 9.97 Å². The Balaban J connectivity index is 2.21. The smallest absolute Gasteiger partial charge is 0.115 e. The number of hydrogen-bond acceptors (Lipinski definition) is 2. The number of rotatable bonds is 4. The molecule has 0 radical (unpaired) electrons. The van der Waals surface area contributed by atoms with Crippen LogP contribution < -0.4 is 0 Å². The molecule has 0 atom stereocenters. The van der Waals surface area contributed by atoms with Crippen LogP contribution in [0.2, 0.25) is 0 Å². The third kappa shape index (κ3) is 4.61. The van der Waals surface area contributed by atoms with Crippen LogP contribution in [0.1, 0.15) is 44.6 Å². The molecule has 0 N–H and O–H groups in total. The van der Waals surface area contributed by atoms with E-state index in [1.54, 1.807) is 12.4 Å². The second kappa shape index (κ2) is 7.08. The highest BCUT2D eigenvalue weighted by Gasteiger charge is 1.85. The van der Waals surface area contributed by atoms with Crippen molar-refractivity contribution in [1.82, 2.24) is 9.97 Å². The van der Waals surface area contributed by atoms with E-state index in [4.69, 9.17) is 0 Å². The van der Waals surface area contributed by atoms with Gasteiger partial charge in [0.1, 0.15) is 6.33 Å².